The van der Waals surface area contributed by atoms with Crippen LogP contribution in [-0.2, 0) is 0 Å². The van der Waals surface area contributed by atoms with Gasteiger partial charge in [0.15, 0.2) is 0 Å². The molecular weight excluding hydrogens is 288 g/mol. The molecule has 17 heavy (non-hydrogen) atoms. The van der Waals surface area contributed by atoms with Gasteiger partial charge in [-0.05, 0) is 22.4 Å². The van der Waals surface area contributed by atoms with Crippen LogP contribution in [0, 0.1) is 0 Å². The summed E-state index contributed by atoms with van der Waals surface area (Å²) in [6.45, 7) is 1.45. The molecule has 7 heteroatoms. The number of carboxylic acid groups (broad SMARTS) is 1. The third-order valence-electron chi connectivity index (χ3n) is 2.71. The lowest BCUT2D eigenvalue weighted by molar-refractivity contribution is 0.191. The minimum absolute atomic E-state index is 0.0335. The number of nitrogens with zero attached hydrogens (tertiary/aromatic N) is 2. The fourth-order valence-corrected chi connectivity index (χ4v) is 2.43. The van der Waals surface area contributed by atoms with E-state index in [-0.39, 0.29) is 6.04 Å². The number of pyridine rings is 1. The number of nitrogen functional groups attached to an aromatic ring is 1. The molecule has 1 aliphatic rings. The second-order valence-corrected chi connectivity index (χ2v) is 4.80. The molecule has 2 rings (SSSR count). The number of halogens is 1. The molecular formula is C10H13BrN4O2. The highest BCUT2D eigenvalue weighted by atomic mass is 79.9. The van der Waals surface area contributed by atoms with E-state index in [1.807, 2.05) is 0 Å². The van der Waals surface area contributed by atoms with E-state index in [9.17, 15) is 4.79 Å². The average molecular weight is 301 g/mol. The third-order valence-corrected chi connectivity index (χ3v) is 3.32. The van der Waals surface area contributed by atoms with Gasteiger partial charge in [-0.25, -0.2) is 9.78 Å². The molecule has 0 aromatic carbocycles. The number of anilines is 2. The van der Waals surface area contributed by atoms with Gasteiger partial charge in [-0.1, -0.05) is 0 Å². The molecule has 92 valence electrons. The first kappa shape index (κ1) is 12.0. The summed E-state index contributed by atoms with van der Waals surface area (Å²) in [5.41, 5.74) is 6.59. The Bertz CT molecular complexity index is 440. The molecule has 0 aliphatic carbocycles. The molecule has 6 nitrogen and oxygen atoms in total. The Kier molecular flexibility index (Phi) is 3.37. The van der Waals surface area contributed by atoms with Crippen LogP contribution in [0.4, 0.5) is 16.3 Å². The van der Waals surface area contributed by atoms with Crippen molar-refractivity contribution in [3.05, 3.63) is 16.7 Å². The predicted octanol–water partition coefficient (Wildman–Crippen LogP) is 1.27. The Hall–Kier alpha value is -1.50. The number of aromatic nitrogens is 1. The first-order chi connectivity index (χ1) is 8.06. The minimum atomic E-state index is -0.981. The second-order valence-electron chi connectivity index (χ2n) is 3.94. The summed E-state index contributed by atoms with van der Waals surface area (Å²) in [4.78, 5) is 16.6. The van der Waals surface area contributed by atoms with Crippen LogP contribution in [0.2, 0.25) is 0 Å². The smallest absolute Gasteiger partial charge is 0.404 e. The van der Waals surface area contributed by atoms with Crippen LogP contribution in [0.1, 0.15) is 6.42 Å². The van der Waals surface area contributed by atoms with E-state index in [0.717, 1.165) is 23.1 Å². The standard InChI is InChI=1S/C10H13BrN4O2/c11-7-4-13-9(12)3-8(7)15-2-1-6(5-15)14-10(16)17/h3-4,6,14H,1-2,5H2,(H2,12,13)(H,16,17). The summed E-state index contributed by atoms with van der Waals surface area (Å²) in [5, 5.41) is 11.1. The van der Waals surface area contributed by atoms with E-state index in [4.69, 9.17) is 10.8 Å². The Morgan fingerprint density at radius 2 is 2.47 bits per heavy atom. The molecule has 0 radical (unpaired) electrons. The quantitative estimate of drug-likeness (QED) is 0.765. The summed E-state index contributed by atoms with van der Waals surface area (Å²) < 4.78 is 0.864. The molecule has 1 aromatic heterocycles. The van der Waals surface area contributed by atoms with E-state index in [1.165, 1.54) is 0 Å². The predicted molar refractivity (Wildman–Crippen MR) is 68.1 cm³/mol. The maximum Gasteiger partial charge on any atom is 0.404 e. The zero-order valence-corrected chi connectivity index (χ0v) is 10.6. The highest BCUT2D eigenvalue weighted by Crippen LogP contribution is 2.29. The van der Waals surface area contributed by atoms with Crippen LogP contribution in [0.3, 0.4) is 0 Å². The molecule has 1 atom stereocenters. The zero-order valence-electron chi connectivity index (χ0n) is 9.06. The van der Waals surface area contributed by atoms with Gasteiger partial charge < -0.3 is 21.1 Å². The summed E-state index contributed by atoms with van der Waals surface area (Å²) in [7, 11) is 0. The first-order valence-electron chi connectivity index (χ1n) is 5.21. The first-order valence-corrected chi connectivity index (χ1v) is 6.01. The highest BCUT2D eigenvalue weighted by Gasteiger charge is 2.25. The van der Waals surface area contributed by atoms with Gasteiger partial charge in [-0.3, -0.25) is 0 Å². The molecule has 2 heterocycles. The number of nitrogens with one attached hydrogen (secondary N) is 1. The lowest BCUT2D eigenvalue weighted by Crippen LogP contribution is -2.36. The van der Waals surface area contributed by atoms with Gasteiger partial charge in [0.25, 0.3) is 0 Å². The largest absolute Gasteiger partial charge is 0.465 e. The average Bonchev–Trinajstić information content (AvgIpc) is 2.69. The summed E-state index contributed by atoms with van der Waals surface area (Å²) in [6.07, 6.45) is 1.47. The fourth-order valence-electron chi connectivity index (χ4n) is 1.96. The molecule has 1 fully saturated rings. The van der Waals surface area contributed by atoms with Crippen molar-refractivity contribution in [2.24, 2.45) is 0 Å². The summed E-state index contributed by atoms with van der Waals surface area (Å²) in [6, 6.07) is 1.75. The van der Waals surface area contributed by atoms with E-state index < -0.39 is 6.09 Å². The van der Waals surface area contributed by atoms with Gasteiger partial charge in [-0.2, -0.15) is 0 Å². The molecule has 1 unspecified atom stereocenters. The fraction of sp³-hybridized carbons (Fsp3) is 0.400. The molecule has 1 amide bonds. The number of rotatable bonds is 2. The molecule has 0 bridgehead atoms. The number of amides is 1. The van der Waals surface area contributed by atoms with Gasteiger partial charge in [0.2, 0.25) is 0 Å². The molecule has 1 aliphatic heterocycles. The van der Waals surface area contributed by atoms with Crippen molar-refractivity contribution < 1.29 is 9.90 Å². The van der Waals surface area contributed by atoms with E-state index in [2.05, 4.69) is 31.1 Å². The Morgan fingerprint density at radius 1 is 1.71 bits per heavy atom. The van der Waals surface area contributed by atoms with Crippen LogP contribution in [-0.4, -0.2) is 35.3 Å². The van der Waals surface area contributed by atoms with Crippen LogP contribution in [0.5, 0.6) is 0 Å². The highest BCUT2D eigenvalue weighted by molar-refractivity contribution is 9.10. The van der Waals surface area contributed by atoms with Gasteiger partial charge in [0.1, 0.15) is 5.82 Å². The maximum absolute atomic E-state index is 10.6. The van der Waals surface area contributed by atoms with E-state index >= 15 is 0 Å². The third kappa shape index (κ3) is 2.79. The summed E-state index contributed by atoms with van der Waals surface area (Å²) in [5.74, 6) is 0.456. The molecule has 1 saturated heterocycles. The maximum atomic E-state index is 10.6. The van der Waals surface area contributed by atoms with Crippen LogP contribution >= 0.6 is 15.9 Å². The Labute approximate surface area is 107 Å². The number of hydrogen-bond acceptors (Lipinski definition) is 4. The molecule has 4 N–H and O–H groups in total. The van der Waals surface area contributed by atoms with Crippen LogP contribution < -0.4 is 16.0 Å². The van der Waals surface area contributed by atoms with Gasteiger partial charge in [-0.15, -0.1) is 0 Å². The van der Waals surface area contributed by atoms with Crippen LogP contribution in [0.15, 0.2) is 16.7 Å². The number of carbonyl (C=O) groups is 1. The minimum Gasteiger partial charge on any atom is -0.465 e. The number of hydrogen-bond donors (Lipinski definition) is 3. The van der Waals surface area contributed by atoms with E-state index in [1.54, 1.807) is 12.3 Å². The SMILES string of the molecule is Nc1cc(N2CCC(NC(=O)O)C2)c(Br)cn1. The van der Waals surface area contributed by atoms with Gasteiger partial charge in [0.05, 0.1) is 16.2 Å². The molecule has 0 saturated carbocycles. The van der Waals surface area contributed by atoms with E-state index in [0.29, 0.717) is 12.4 Å². The van der Waals surface area contributed by atoms with Crippen molar-refractivity contribution in [1.29, 1.82) is 0 Å². The monoisotopic (exact) mass is 300 g/mol. The second kappa shape index (κ2) is 4.79. The van der Waals surface area contributed by atoms with Crippen molar-refractivity contribution in [1.82, 2.24) is 10.3 Å². The van der Waals surface area contributed by atoms with Gasteiger partial charge >= 0.3 is 6.09 Å². The Morgan fingerprint density at radius 3 is 3.18 bits per heavy atom. The topological polar surface area (TPSA) is 91.5 Å². The molecule has 1 aromatic rings. The number of nitrogens with two attached hydrogens (primary N) is 1. The normalized spacial score (nSPS) is 19.4. The lowest BCUT2D eigenvalue weighted by atomic mass is 10.3. The summed E-state index contributed by atoms with van der Waals surface area (Å²) >= 11 is 3.41. The van der Waals surface area contributed by atoms with Crippen molar-refractivity contribution in [3.63, 3.8) is 0 Å². The van der Waals surface area contributed by atoms with Gasteiger partial charge in [0, 0.05) is 25.4 Å². The Balaban J connectivity index is 2.09. The molecule has 0 spiro atoms. The van der Waals surface area contributed by atoms with Crippen molar-refractivity contribution in [3.8, 4) is 0 Å². The zero-order chi connectivity index (χ0) is 12.4. The lowest BCUT2D eigenvalue weighted by Gasteiger charge is -2.20. The van der Waals surface area contributed by atoms with Crippen LogP contribution in [0.25, 0.3) is 0 Å². The van der Waals surface area contributed by atoms with Crippen molar-refractivity contribution in [2.75, 3.05) is 23.7 Å². The van der Waals surface area contributed by atoms with Crippen molar-refractivity contribution >= 4 is 33.5 Å². The van der Waals surface area contributed by atoms with Crippen molar-refractivity contribution in [2.45, 2.75) is 12.5 Å².